The summed E-state index contributed by atoms with van der Waals surface area (Å²) in [6, 6.07) is 8.68. The molecule has 0 atom stereocenters. The molecule has 0 aliphatic rings. The topological polar surface area (TPSA) is 33.5 Å². The zero-order valence-corrected chi connectivity index (χ0v) is 23.0. The molecule has 6 nitrogen and oxygen atoms in total. The van der Waals surface area contributed by atoms with Crippen LogP contribution >= 0.6 is 22.7 Å². The minimum Gasteiger partial charge on any atom is -0.331 e. The fourth-order valence-corrected chi connectivity index (χ4v) is 5.90. The monoisotopic (exact) mass is 498 g/mol. The van der Waals surface area contributed by atoms with E-state index in [0.717, 1.165) is 52.9 Å². The van der Waals surface area contributed by atoms with Crippen molar-refractivity contribution in [1.29, 1.82) is 0 Å². The second-order valence-corrected chi connectivity index (χ2v) is 13.0. The molecule has 0 radical (unpaired) electrons. The smallest absolute Gasteiger partial charge is 0.169 e. The van der Waals surface area contributed by atoms with E-state index in [1.807, 2.05) is 0 Å². The Morgan fingerprint density at radius 1 is 0.618 bits per heavy atom. The summed E-state index contributed by atoms with van der Waals surface area (Å²) in [5.74, 6) is 0. The van der Waals surface area contributed by atoms with Gasteiger partial charge in [-0.1, -0.05) is 22.7 Å². The van der Waals surface area contributed by atoms with Crippen molar-refractivity contribution in [3.8, 4) is 21.1 Å². The van der Waals surface area contributed by atoms with Gasteiger partial charge in [0.15, 0.2) is 47.5 Å². The van der Waals surface area contributed by atoms with Crippen LogP contribution < -0.4 is 9.13 Å². The Kier molecular flexibility index (Phi) is 7.42. The zero-order chi connectivity index (χ0) is 24.3. The third-order valence-corrected chi connectivity index (χ3v) is 7.87. The number of quaternary nitrogens is 2. The molecule has 0 aliphatic heterocycles. The van der Waals surface area contributed by atoms with Gasteiger partial charge in [-0.2, -0.15) is 0 Å². The first kappa shape index (κ1) is 24.9. The normalized spacial score (nSPS) is 12.5. The van der Waals surface area contributed by atoms with E-state index >= 15 is 0 Å². The first-order valence-corrected chi connectivity index (χ1v) is 13.6. The summed E-state index contributed by atoms with van der Waals surface area (Å²) in [7, 11) is 13.4. The largest absolute Gasteiger partial charge is 0.331 e. The number of rotatable bonds is 10. The highest BCUT2D eigenvalue weighted by Gasteiger charge is 2.16. The van der Waals surface area contributed by atoms with Gasteiger partial charge < -0.3 is 8.97 Å². The second-order valence-electron chi connectivity index (χ2n) is 11.0. The van der Waals surface area contributed by atoms with Crippen molar-refractivity contribution >= 4 is 32.3 Å². The molecule has 0 saturated carbocycles. The molecule has 0 bridgehead atoms. The van der Waals surface area contributed by atoms with Crippen molar-refractivity contribution in [1.82, 2.24) is 9.97 Å². The second kappa shape index (κ2) is 10.2. The third-order valence-electron chi connectivity index (χ3n) is 5.74. The Bertz CT molecular complexity index is 1090. The minimum absolute atomic E-state index is 1.00. The van der Waals surface area contributed by atoms with Crippen LogP contribution in [0.5, 0.6) is 0 Å². The Hall–Kier alpha value is -2.26. The molecule has 0 spiro atoms. The molecule has 4 heterocycles. The molecule has 4 aromatic rings. The zero-order valence-electron chi connectivity index (χ0n) is 21.4. The molecule has 4 rings (SSSR count). The number of pyridine rings is 2. The van der Waals surface area contributed by atoms with Gasteiger partial charge in [0.25, 0.3) is 0 Å². The summed E-state index contributed by atoms with van der Waals surface area (Å²) in [6.07, 6.45) is 11.0. The van der Waals surface area contributed by atoms with Crippen LogP contribution in [0.3, 0.4) is 0 Å². The highest BCUT2D eigenvalue weighted by atomic mass is 32.1. The van der Waals surface area contributed by atoms with Gasteiger partial charge in [0.05, 0.1) is 68.2 Å². The van der Waals surface area contributed by atoms with E-state index < -0.39 is 0 Å². The number of aryl methyl sites for hydroxylation is 2. The highest BCUT2D eigenvalue weighted by molar-refractivity contribution is 7.29. The molecule has 0 unspecified atom stereocenters. The maximum absolute atomic E-state index is 4.89. The van der Waals surface area contributed by atoms with E-state index in [0.29, 0.717) is 0 Å². The molecule has 0 fully saturated rings. The summed E-state index contributed by atoms with van der Waals surface area (Å²) in [5.41, 5.74) is 2.32. The van der Waals surface area contributed by atoms with Crippen LogP contribution in [0, 0.1) is 0 Å². The van der Waals surface area contributed by atoms with Crippen molar-refractivity contribution in [3.05, 3.63) is 49.1 Å². The average molecular weight is 499 g/mol. The van der Waals surface area contributed by atoms with E-state index in [1.54, 1.807) is 22.7 Å². The van der Waals surface area contributed by atoms with E-state index in [-0.39, 0.29) is 0 Å². The molecule has 4 aromatic heterocycles. The van der Waals surface area contributed by atoms with Crippen molar-refractivity contribution in [2.45, 2.75) is 25.9 Å². The Morgan fingerprint density at radius 2 is 0.971 bits per heavy atom. The van der Waals surface area contributed by atoms with Gasteiger partial charge in [0.2, 0.25) is 0 Å². The number of fused-ring (bicyclic) bond motifs is 1. The molecule has 8 heteroatoms. The van der Waals surface area contributed by atoms with Gasteiger partial charge in [-0.05, 0) is 0 Å². The number of hydrogen-bond donors (Lipinski definition) is 0. The highest BCUT2D eigenvalue weighted by Crippen LogP contribution is 2.36. The van der Waals surface area contributed by atoms with E-state index in [1.165, 1.54) is 25.9 Å². The van der Waals surface area contributed by atoms with Crippen LogP contribution in [0.4, 0.5) is 0 Å². The van der Waals surface area contributed by atoms with Gasteiger partial charge in [-0.25, -0.2) is 19.1 Å². The lowest BCUT2D eigenvalue weighted by atomic mass is 10.3. The molecule has 180 valence electrons. The Balaban J connectivity index is 1.39. The van der Waals surface area contributed by atoms with Gasteiger partial charge in [0, 0.05) is 35.4 Å². The maximum atomic E-state index is 4.89. The minimum atomic E-state index is 1.00. The van der Waals surface area contributed by atoms with Crippen molar-refractivity contribution in [2.75, 3.05) is 55.4 Å². The van der Waals surface area contributed by atoms with Crippen molar-refractivity contribution < 1.29 is 18.1 Å². The van der Waals surface area contributed by atoms with Crippen LogP contribution in [0.2, 0.25) is 0 Å². The number of hydrogen-bond acceptors (Lipinski definition) is 4. The number of aromatic nitrogens is 4. The quantitative estimate of drug-likeness (QED) is 0.246. The number of thiazole rings is 2. The number of nitrogens with zero attached hydrogens (tertiary/aromatic N) is 6. The summed E-state index contributed by atoms with van der Waals surface area (Å²) < 4.78 is 6.53. The lowest BCUT2D eigenvalue weighted by molar-refractivity contribution is -0.873. The fraction of sp³-hybridized carbons (Fsp3) is 0.462. The predicted molar refractivity (Wildman–Crippen MR) is 142 cm³/mol. The van der Waals surface area contributed by atoms with Gasteiger partial charge in [-0.3, -0.25) is 0 Å². The van der Waals surface area contributed by atoms with Gasteiger partial charge in [0.1, 0.15) is 10.0 Å². The summed E-state index contributed by atoms with van der Waals surface area (Å²) >= 11 is 3.36. The molecular formula is C26H38N6S2+4. The van der Waals surface area contributed by atoms with Crippen LogP contribution in [0.25, 0.3) is 30.8 Å². The first-order chi connectivity index (χ1) is 16.1. The lowest BCUT2D eigenvalue weighted by Gasteiger charge is -2.22. The Morgan fingerprint density at radius 3 is 1.29 bits per heavy atom. The summed E-state index contributed by atoms with van der Waals surface area (Å²) in [6.45, 7) is 4.42. The van der Waals surface area contributed by atoms with E-state index in [4.69, 9.17) is 9.97 Å². The van der Waals surface area contributed by atoms with Gasteiger partial charge in [-0.15, -0.1) is 0 Å². The predicted octanol–water partition coefficient (Wildman–Crippen LogP) is 3.85. The van der Waals surface area contributed by atoms with Crippen LogP contribution in [0.15, 0.2) is 49.1 Å². The molecule has 0 aliphatic carbocycles. The average Bonchev–Trinajstić information content (AvgIpc) is 3.32. The molecule has 0 aromatic carbocycles. The summed E-state index contributed by atoms with van der Waals surface area (Å²) in [4.78, 5) is 11.8. The maximum Gasteiger partial charge on any atom is 0.169 e. The third kappa shape index (κ3) is 6.88. The van der Waals surface area contributed by atoms with Crippen LogP contribution in [0.1, 0.15) is 12.8 Å². The molecule has 0 N–H and O–H groups in total. The van der Waals surface area contributed by atoms with Crippen molar-refractivity contribution in [2.24, 2.45) is 0 Å². The first-order valence-electron chi connectivity index (χ1n) is 11.9. The lowest BCUT2D eigenvalue weighted by Crippen LogP contribution is -2.39. The van der Waals surface area contributed by atoms with E-state index in [2.05, 4.69) is 100 Å². The standard InChI is InChI=1S/C26H38N6S2/c1-31(2,3)19-7-13-29-15-9-21(10-16-29)23-27-25-26(33-23)28-24(34-25)22-11-17-30(18-12-22)14-8-20-32(4,5)6/h9-12,15-18H,7-8,13-14,19-20H2,1-6H3/q+4. The van der Waals surface area contributed by atoms with Crippen molar-refractivity contribution in [3.63, 3.8) is 0 Å². The molecular weight excluding hydrogens is 460 g/mol. The van der Waals surface area contributed by atoms with E-state index in [9.17, 15) is 0 Å². The molecule has 0 saturated heterocycles. The summed E-state index contributed by atoms with van der Waals surface area (Å²) in [5, 5.41) is 2.09. The Labute approximate surface area is 211 Å². The molecule has 34 heavy (non-hydrogen) atoms. The van der Waals surface area contributed by atoms with Gasteiger partial charge >= 0.3 is 0 Å². The van der Waals surface area contributed by atoms with Crippen LogP contribution in [-0.2, 0) is 13.1 Å². The van der Waals surface area contributed by atoms with Crippen LogP contribution in [-0.4, -0.2) is 74.3 Å². The SMILES string of the molecule is C[N+](C)(C)CCC[n+]1ccc(-c2nc3sc(-c4cc[n+](CCC[N+](C)(C)C)cc4)nc3s2)cc1. The molecule has 0 amide bonds. The fourth-order valence-electron chi connectivity index (χ4n) is 3.84.